The van der Waals surface area contributed by atoms with Crippen molar-refractivity contribution >= 4 is 23.3 Å². The van der Waals surface area contributed by atoms with Crippen LogP contribution in [0.5, 0.6) is 0 Å². The molecule has 0 aromatic carbocycles. The van der Waals surface area contributed by atoms with Gasteiger partial charge in [-0.1, -0.05) is 11.6 Å². The molecule has 76 valence electrons. The van der Waals surface area contributed by atoms with Gasteiger partial charge in [-0.15, -0.1) is 0 Å². The van der Waals surface area contributed by atoms with Crippen LogP contribution in [-0.2, 0) is 4.79 Å². The summed E-state index contributed by atoms with van der Waals surface area (Å²) in [5.74, 6) is 0.468. The summed E-state index contributed by atoms with van der Waals surface area (Å²) in [7, 11) is 1.59. The third-order valence-corrected chi connectivity index (χ3v) is 1.85. The van der Waals surface area contributed by atoms with E-state index in [1.807, 2.05) is 0 Å². The summed E-state index contributed by atoms with van der Waals surface area (Å²) < 4.78 is 0. The molecule has 0 aliphatic heterocycles. The van der Waals surface area contributed by atoms with E-state index in [0.717, 1.165) is 0 Å². The minimum absolute atomic E-state index is 0.0301. The average Bonchev–Trinajstić information content (AvgIpc) is 2.20. The number of nitrogens with zero attached hydrogens (tertiary/aromatic N) is 2. The molecule has 0 atom stereocenters. The van der Waals surface area contributed by atoms with E-state index in [2.05, 4.69) is 20.6 Å². The molecule has 0 spiro atoms. The molecular formula is C8H11ClN4O. The first-order chi connectivity index (χ1) is 6.74. The van der Waals surface area contributed by atoms with E-state index in [0.29, 0.717) is 23.9 Å². The van der Waals surface area contributed by atoms with Gasteiger partial charge in [0.05, 0.1) is 0 Å². The second kappa shape index (κ2) is 5.39. The SMILES string of the molecule is CNC(=O)CCNc1nccnc1Cl. The Kier molecular flexibility index (Phi) is 4.12. The number of hydrogen-bond acceptors (Lipinski definition) is 4. The van der Waals surface area contributed by atoms with Gasteiger partial charge in [0, 0.05) is 32.4 Å². The molecule has 0 saturated heterocycles. The first kappa shape index (κ1) is 10.7. The Morgan fingerprint density at radius 3 is 2.86 bits per heavy atom. The Hall–Kier alpha value is -1.36. The van der Waals surface area contributed by atoms with Crippen molar-refractivity contribution in [1.82, 2.24) is 15.3 Å². The molecule has 0 fully saturated rings. The summed E-state index contributed by atoms with van der Waals surface area (Å²) in [6, 6.07) is 0. The highest BCUT2D eigenvalue weighted by Crippen LogP contribution is 2.13. The van der Waals surface area contributed by atoms with Gasteiger partial charge in [0.15, 0.2) is 11.0 Å². The van der Waals surface area contributed by atoms with Crippen molar-refractivity contribution in [3.8, 4) is 0 Å². The number of anilines is 1. The summed E-state index contributed by atoms with van der Waals surface area (Å²) >= 11 is 5.74. The number of aromatic nitrogens is 2. The largest absolute Gasteiger partial charge is 0.367 e. The van der Waals surface area contributed by atoms with Crippen LogP contribution in [-0.4, -0.2) is 29.5 Å². The highest BCUT2D eigenvalue weighted by atomic mass is 35.5. The van der Waals surface area contributed by atoms with Crippen LogP contribution in [0.1, 0.15) is 6.42 Å². The van der Waals surface area contributed by atoms with Crippen LogP contribution in [0.2, 0.25) is 5.15 Å². The Bertz CT molecular complexity index is 318. The van der Waals surface area contributed by atoms with Gasteiger partial charge >= 0.3 is 0 Å². The Morgan fingerprint density at radius 1 is 1.50 bits per heavy atom. The minimum Gasteiger partial charge on any atom is -0.367 e. The van der Waals surface area contributed by atoms with Gasteiger partial charge < -0.3 is 10.6 Å². The Labute approximate surface area is 86.9 Å². The zero-order valence-electron chi connectivity index (χ0n) is 7.75. The van der Waals surface area contributed by atoms with E-state index in [4.69, 9.17) is 11.6 Å². The van der Waals surface area contributed by atoms with Crippen molar-refractivity contribution in [2.75, 3.05) is 18.9 Å². The predicted octanol–water partition coefficient (Wildman–Crippen LogP) is 0.678. The zero-order valence-corrected chi connectivity index (χ0v) is 8.51. The molecule has 6 heteroatoms. The number of carbonyl (C=O) groups excluding carboxylic acids is 1. The van der Waals surface area contributed by atoms with Crippen LogP contribution >= 0.6 is 11.6 Å². The molecule has 0 radical (unpaired) electrons. The van der Waals surface area contributed by atoms with E-state index in [-0.39, 0.29) is 5.91 Å². The van der Waals surface area contributed by atoms with E-state index in [1.165, 1.54) is 12.4 Å². The van der Waals surface area contributed by atoms with E-state index in [1.54, 1.807) is 7.05 Å². The second-order valence-corrected chi connectivity index (χ2v) is 2.90. The molecule has 1 aromatic rings. The summed E-state index contributed by atoms with van der Waals surface area (Å²) in [5, 5.41) is 5.74. The summed E-state index contributed by atoms with van der Waals surface area (Å²) in [5.41, 5.74) is 0. The third kappa shape index (κ3) is 3.18. The summed E-state index contributed by atoms with van der Waals surface area (Å²) in [6.45, 7) is 0.484. The Balaban J connectivity index is 2.39. The number of rotatable bonds is 4. The third-order valence-electron chi connectivity index (χ3n) is 1.58. The van der Waals surface area contributed by atoms with Crippen LogP contribution in [0, 0.1) is 0 Å². The number of carbonyl (C=O) groups is 1. The van der Waals surface area contributed by atoms with Crippen LogP contribution < -0.4 is 10.6 Å². The molecule has 2 N–H and O–H groups in total. The molecule has 0 aliphatic rings. The second-order valence-electron chi connectivity index (χ2n) is 2.55. The molecule has 1 heterocycles. The smallest absolute Gasteiger partial charge is 0.221 e. The van der Waals surface area contributed by atoms with Crippen LogP contribution in [0.15, 0.2) is 12.4 Å². The van der Waals surface area contributed by atoms with Crippen LogP contribution in [0.25, 0.3) is 0 Å². The maximum absolute atomic E-state index is 10.9. The van der Waals surface area contributed by atoms with Crippen molar-refractivity contribution in [1.29, 1.82) is 0 Å². The monoisotopic (exact) mass is 214 g/mol. The average molecular weight is 215 g/mol. The molecule has 14 heavy (non-hydrogen) atoms. The Morgan fingerprint density at radius 2 is 2.21 bits per heavy atom. The van der Waals surface area contributed by atoms with E-state index < -0.39 is 0 Å². The number of nitrogens with one attached hydrogen (secondary N) is 2. The molecule has 1 amide bonds. The van der Waals surface area contributed by atoms with Gasteiger partial charge in [-0.2, -0.15) is 0 Å². The lowest BCUT2D eigenvalue weighted by atomic mass is 10.4. The first-order valence-electron chi connectivity index (χ1n) is 4.15. The quantitative estimate of drug-likeness (QED) is 0.774. The molecule has 1 rings (SSSR count). The molecule has 0 unspecified atom stereocenters. The summed E-state index contributed by atoms with van der Waals surface area (Å²) in [4.78, 5) is 18.7. The number of halogens is 1. The minimum atomic E-state index is -0.0301. The lowest BCUT2D eigenvalue weighted by molar-refractivity contribution is -0.120. The van der Waals surface area contributed by atoms with Gasteiger partial charge in [-0.3, -0.25) is 4.79 Å². The topological polar surface area (TPSA) is 66.9 Å². The van der Waals surface area contributed by atoms with Crippen molar-refractivity contribution in [2.24, 2.45) is 0 Å². The van der Waals surface area contributed by atoms with Crippen LogP contribution in [0.3, 0.4) is 0 Å². The molecule has 0 aliphatic carbocycles. The molecular weight excluding hydrogens is 204 g/mol. The fourth-order valence-corrected chi connectivity index (χ4v) is 1.03. The fourth-order valence-electron chi connectivity index (χ4n) is 0.859. The molecule has 0 bridgehead atoms. The molecule has 5 nitrogen and oxygen atoms in total. The van der Waals surface area contributed by atoms with Gasteiger partial charge in [-0.05, 0) is 0 Å². The van der Waals surface area contributed by atoms with Crippen molar-refractivity contribution < 1.29 is 4.79 Å². The maximum Gasteiger partial charge on any atom is 0.221 e. The lowest BCUT2D eigenvalue weighted by Gasteiger charge is -2.04. The number of hydrogen-bond donors (Lipinski definition) is 2. The maximum atomic E-state index is 10.9. The first-order valence-corrected chi connectivity index (χ1v) is 4.53. The van der Waals surface area contributed by atoms with Crippen molar-refractivity contribution in [3.05, 3.63) is 17.5 Å². The van der Waals surface area contributed by atoms with Gasteiger partial charge in [-0.25, -0.2) is 9.97 Å². The van der Waals surface area contributed by atoms with Crippen molar-refractivity contribution in [2.45, 2.75) is 6.42 Å². The van der Waals surface area contributed by atoms with Gasteiger partial charge in [0.1, 0.15) is 0 Å². The molecule has 0 saturated carbocycles. The fraction of sp³-hybridized carbons (Fsp3) is 0.375. The van der Waals surface area contributed by atoms with Crippen LogP contribution in [0.4, 0.5) is 5.82 Å². The lowest BCUT2D eigenvalue weighted by Crippen LogP contribution is -2.21. The van der Waals surface area contributed by atoms with Gasteiger partial charge in [0.25, 0.3) is 0 Å². The molecule has 1 aromatic heterocycles. The highest BCUT2D eigenvalue weighted by molar-refractivity contribution is 6.31. The normalized spacial score (nSPS) is 9.57. The van der Waals surface area contributed by atoms with Gasteiger partial charge in [0.2, 0.25) is 5.91 Å². The summed E-state index contributed by atoms with van der Waals surface area (Å²) in [6.07, 6.45) is 3.42. The van der Waals surface area contributed by atoms with E-state index in [9.17, 15) is 4.79 Å². The predicted molar refractivity (Wildman–Crippen MR) is 54.2 cm³/mol. The van der Waals surface area contributed by atoms with Crippen molar-refractivity contribution in [3.63, 3.8) is 0 Å². The zero-order chi connectivity index (χ0) is 10.4. The highest BCUT2D eigenvalue weighted by Gasteiger charge is 2.02. The standard InChI is InChI=1S/C8H11ClN4O/c1-10-6(14)2-3-12-8-7(9)11-4-5-13-8/h4-5H,2-3H2,1H3,(H,10,14)(H,12,13). The number of amides is 1. The van der Waals surface area contributed by atoms with E-state index >= 15 is 0 Å².